The second kappa shape index (κ2) is 3.24. The number of thiophene rings is 1. The van der Waals surface area contributed by atoms with E-state index in [9.17, 15) is 4.79 Å². The molecule has 11 heavy (non-hydrogen) atoms. The first-order valence-corrected chi connectivity index (χ1v) is 4.31. The van der Waals surface area contributed by atoms with Gasteiger partial charge >= 0.3 is 5.97 Å². The third-order valence-electron chi connectivity index (χ3n) is 1.28. The van der Waals surface area contributed by atoms with Crippen molar-refractivity contribution >= 4 is 28.9 Å². The highest BCUT2D eigenvalue weighted by molar-refractivity contribution is 7.10. The molecule has 1 heterocycles. The van der Waals surface area contributed by atoms with Crippen LogP contribution in [0.15, 0.2) is 5.38 Å². The van der Waals surface area contributed by atoms with E-state index in [2.05, 4.69) is 0 Å². The van der Waals surface area contributed by atoms with Gasteiger partial charge in [-0.05, 0) is 17.9 Å². The summed E-state index contributed by atoms with van der Waals surface area (Å²) < 4.78 is 0. The van der Waals surface area contributed by atoms with Crippen LogP contribution in [0.4, 0.5) is 0 Å². The van der Waals surface area contributed by atoms with Gasteiger partial charge in [0.25, 0.3) is 0 Å². The van der Waals surface area contributed by atoms with Gasteiger partial charge in [-0.15, -0.1) is 11.3 Å². The smallest absolute Gasteiger partial charge is 0.308 e. The van der Waals surface area contributed by atoms with Gasteiger partial charge in [-0.25, -0.2) is 0 Å². The highest BCUT2D eigenvalue weighted by Crippen LogP contribution is 2.27. The topological polar surface area (TPSA) is 37.3 Å². The molecule has 2 nitrogen and oxygen atoms in total. The van der Waals surface area contributed by atoms with Gasteiger partial charge in [0.2, 0.25) is 0 Å². The van der Waals surface area contributed by atoms with Gasteiger partial charge in [-0.3, -0.25) is 4.79 Å². The standard InChI is InChI=1S/C7H7ClO2S/c1-4-3-11-5(7(4)8)2-6(9)10/h3H,2H2,1H3,(H,9,10). The largest absolute Gasteiger partial charge is 0.481 e. The lowest BCUT2D eigenvalue weighted by atomic mass is 10.3. The van der Waals surface area contributed by atoms with E-state index in [4.69, 9.17) is 16.7 Å². The maximum Gasteiger partial charge on any atom is 0.308 e. The molecular weight excluding hydrogens is 184 g/mol. The molecule has 0 atom stereocenters. The molecule has 0 aliphatic rings. The van der Waals surface area contributed by atoms with E-state index in [1.807, 2.05) is 12.3 Å². The van der Waals surface area contributed by atoms with E-state index in [-0.39, 0.29) is 6.42 Å². The Bertz CT molecular complexity index is 280. The van der Waals surface area contributed by atoms with Crippen LogP contribution in [0.25, 0.3) is 0 Å². The molecule has 0 aliphatic heterocycles. The highest BCUT2D eigenvalue weighted by Gasteiger charge is 2.08. The van der Waals surface area contributed by atoms with E-state index in [0.717, 1.165) is 10.4 Å². The predicted octanol–water partition coefficient (Wildman–Crippen LogP) is 2.34. The normalized spacial score (nSPS) is 10.0. The zero-order valence-corrected chi connectivity index (χ0v) is 7.50. The molecule has 0 aliphatic carbocycles. The van der Waals surface area contributed by atoms with Gasteiger partial charge in [0.05, 0.1) is 11.4 Å². The number of halogens is 1. The molecule has 0 amide bonds. The molecule has 0 spiro atoms. The number of rotatable bonds is 2. The molecule has 0 radical (unpaired) electrons. The first-order chi connectivity index (χ1) is 5.11. The molecule has 0 saturated carbocycles. The Labute approximate surface area is 73.4 Å². The molecule has 1 aromatic heterocycles. The van der Waals surface area contributed by atoms with Crippen LogP contribution in [0.3, 0.4) is 0 Å². The molecule has 60 valence electrons. The van der Waals surface area contributed by atoms with Gasteiger partial charge in [0.15, 0.2) is 0 Å². The quantitative estimate of drug-likeness (QED) is 0.778. The lowest BCUT2D eigenvalue weighted by Gasteiger charge is -1.91. The molecule has 1 aromatic rings. The van der Waals surface area contributed by atoms with Crippen molar-refractivity contribution in [2.45, 2.75) is 13.3 Å². The van der Waals surface area contributed by atoms with Gasteiger partial charge < -0.3 is 5.11 Å². The highest BCUT2D eigenvalue weighted by atomic mass is 35.5. The van der Waals surface area contributed by atoms with Crippen LogP contribution >= 0.6 is 22.9 Å². The van der Waals surface area contributed by atoms with Crippen LogP contribution in [0.5, 0.6) is 0 Å². The molecule has 0 bridgehead atoms. The summed E-state index contributed by atoms with van der Waals surface area (Å²) in [7, 11) is 0. The van der Waals surface area contributed by atoms with Crippen LogP contribution in [0.2, 0.25) is 5.02 Å². The van der Waals surface area contributed by atoms with Gasteiger partial charge in [0.1, 0.15) is 0 Å². The average molecular weight is 191 g/mol. The number of carbonyl (C=O) groups is 1. The first-order valence-electron chi connectivity index (χ1n) is 3.05. The number of carboxylic acids is 1. The Morgan fingerprint density at radius 1 is 1.82 bits per heavy atom. The summed E-state index contributed by atoms with van der Waals surface area (Å²) in [6.07, 6.45) is 0.0251. The lowest BCUT2D eigenvalue weighted by molar-refractivity contribution is -0.136. The third kappa shape index (κ3) is 1.94. The van der Waals surface area contributed by atoms with E-state index in [1.165, 1.54) is 11.3 Å². The summed E-state index contributed by atoms with van der Waals surface area (Å²) in [5.74, 6) is -0.839. The maximum absolute atomic E-state index is 10.3. The Hall–Kier alpha value is -0.540. The van der Waals surface area contributed by atoms with Crippen molar-refractivity contribution in [3.05, 3.63) is 20.8 Å². The van der Waals surface area contributed by atoms with Crippen molar-refractivity contribution in [2.24, 2.45) is 0 Å². The lowest BCUT2D eigenvalue weighted by Crippen LogP contribution is -1.97. The predicted molar refractivity (Wildman–Crippen MR) is 45.4 cm³/mol. The minimum atomic E-state index is -0.839. The molecule has 0 unspecified atom stereocenters. The molecule has 1 N–H and O–H groups in total. The van der Waals surface area contributed by atoms with Crippen molar-refractivity contribution in [1.29, 1.82) is 0 Å². The first kappa shape index (κ1) is 8.56. The number of aryl methyl sites for hydroxylation is 1. The fourth-order valence-corrected chi connectivity index (χ4v) is 1.97. The number of hydrogen-bond donors (Lipinski definition) is 1. The second-order valence-electron chi connectivity index (χ2n) is 2.23. The van der Waals surface area contributed by atoms with Crippen LogP contribution in [-0.2, 0) is 11.2 Å². The summed E-state index contributed by atoms with van der Waals surface area (Å²) in [6, 6.07) is 0. The molecule has 4 heteroatoms. The summed E-state index contributed by atoms with van der Waals surface area (Å²) in [5.41, 5.74) is 0.952. The number of carboxylic acid groups (broad SMARTS) is 1. The SMILES string of the molecule is Cc1csc(CC(=O)O)c1Cl. The van der Waals surface area contributed by atoms with Crippen LogP contribution in [0, 0.1) is 6.92 Å². The van der Waals surface area contributed by atoms with Crippen molar-refractivity contribution < 1.29 is 9.90 Å². The van der Waals surface area contributed by atoms with Gasteiger partial charge in [-0.2, -0.15) is 0 Å². The summed E-state index contributed by atoms with van der Waals surface area (Å²) >= 11 is 7.19. The van der Waals surface area contributed by atoms with Gasteiger partial charge in [-0.1, -0.05) is 11.6 Å². The van der Waals surface area contributed by atoms with Crippen molar-refractivity contribution in [3.63, 3.8) is 0 Å². The Kier molecular flexibility index (Phi) is 2.52. The Morgan fingerprint density at radius 2 is 2.45 bits per heavy atom. The Balaban J connectivity index is 2.87. The van der Waals surface area contributed by atoms with E-state index in [0.29, 0.717) is 5.02 Å². The molecule has 1 rings (SSSR count). The number of aliphatic carboxylic acids is 1. The van der Waals surface area contributed by atoms with Crippen LogP contribution < -0.4 is 0 Å². The van der Waals surface area contributed by atoms with Gasteiger partial charge in [0, 0.05) is 4.88 Å². The fraction of sp³-hybridized carbons (Fsp3) is 0.286. The minimum absolute atomic E-state index is 0.0251. The average Bonchev–Trinajstić information content (AvgIpc) is 2.18. The molecule has 0 fully saturated rings. The zero-order chi connectivity index (χ0) is 8.43. The monoisotopic (exact) mass is 190 g/mol. The minimum Gasteiger partial charge on any atom is -0.481 e. The van der Waals surface area contributed by atoms with Crippen molar-refractivity contribution in [2.75, 3.05) is 0 Å². The molecule has 0 saturated heterocycles. The summed E-state index contributed by atoms with van der Waals surface area (Å²) in [4.78, 5) is 11.0. The summed E-state index contributed by atoms with van der Waals surface area (Å²) in [6.45, 7) is 1.87. The second-order valence-corrected chi connectivity index (χ2v) is 3.57. The fourth-order valence-electron chi connectivity index (χ4n) is 0.740. The molecule has 0 aromatic carbocycles. The van der Waals surface area contributed by atoms with E-state index < -0.39 is 5.97 Å². The van der Waals surface area contributed by atoms with E-state index in [1.54, 1.807) is 0 Å². The maximum atomic E-state index is 10.3. The van der Waals surface area contributed by atoms with Crippen LogP contribution in [-0.4, -0.2) is 11.1 Å². The van der Waals surface area contributed by atoms with E-state index >= 15 is 0 Å². The number of hydrogen-bond acceptors (Lipinski definition) is 2. The zero-order valence-electron chi connectivity index (χ0n) is 5.93. The third-order valence-corrected chi connectivity index (χ3v) is 3.02. The summed E-state index contributed by atoms with van der Waals surface area (Å²) in [5, 5.41) is 10.9. The van der Waals surface area contributed by atoms with Crippen molar-refractivity contribution in [1.82, 2.24) is 0 Å². The van der Waals surface area contributed by atoms with Crippen molar-refractivity contribution in [3.8, 4) is 0 Å². The van der Waals surface area contributed by atoms with Crippen LogP contribution in [0.1, 0.15) is 10.4 Å². The Morgan fingerprint density at radius 3 is 2.82 bits per heavy atom. The molecular formula is C7H7ClO2S.